The van der Waals surface area contributed by atoms with Crippen LogP contribution in [0.25, 0.3) is 0 Å². The average Bonchev–Trinajstić information content (AvgIpc) is 3.05. The molecule has 2 rings (SSSR count). The number of rotatable bonds is 6. The number of carboxylic acids is 1. The van der Waals surface area contributed by atoms with E-state index in [4.69, 9.17) is 9.84 Å². The molecule has 0 spiro atoms. The van der Waals surface area contributed by atoms with Gasteiger partial charge < -0.3 is 14.7 Å². The molecule has 1 atom stereocenters. The monoisotopic (exact) mass is 269 g/mol. The highest BCUT2D eigenvalue weighted by molar-refractivity contribution is 5.81. The maximum absolute atomic E-state index is 12.2. The van der Waals surface area contributed by atoms with E-state index in [0.29, 0.717) is 6.42 Å². The minimum Gasteiger partial charge on any atom is -0.480 e. The van der Waals surface area contributed by atoms with Gasteiger partial charge in [-0.2, -0.15) is 0 Å². The smallest absolute Gasteiger partial charge is 0.323 e. The second-order valence-electron chi connectivity index (χ2n) is 5.53. The van der Waals surface area contributed by atoms with E-state index in [-0.39, 0.29) is 24.6 Å². The molecule has 1 aliphatic carbocycles. The number of nitrogens with zero attached hydrogens (tertiary/aromatic N) is 1. The van der Waals surface area contributed by atoms with Gasteiger partial charge in [0.25, 0.3) is 0 Å². The second kappa shape index (κ2) is 6.89. The van der Waals surface area contributed by atoms with Crippen LogP contribution < -0.4 is 0 Å². The van der Waals surface area contributed by atoms with E-state index in [0.717, 1.165) is 51.6 Å². The third kappa shape index (κ3) is 4.20. The van der Waals surface area contributed by atoms with Crippen LogP contribution >= 0.6 is 0 Å². The van der Waals surface area contributed by atoms with Crippen LogP contribution in [0.3, 0.4) is 0 Å². The summed E-state index contributed by atoms with van der Waals surface area (Å²) in [5, 5.41) is 8.95. The van der Waals surface area contributed by atoms with Gasteiger partial charge in [-0.1, -0.05) is 12.8 Å². The lowest BCUT2D eigenvalue weighted by molar-refractivity contribution is -0.146. The molecule has 5 nitrogen and oxygen atoms in total. The van der Waals surface area contributed by atoms with Crippen molar-refractivity contribution in [1.82, 2.24) is 4.90 Å². The molecule has 19 heavy (non-hydrogen) atoms. The van der Waals surface area contributed by atoms with Gasteiger partial charge in [-0.15, -0.1) is 0 Å². The van der Waals surface area contributed by atoms with E-state index in [1.807, 2.05) is 0 Å². The molecule has 1 heterocycles. The van der Waals surface area contributed by atoms with Crippen LogP contribution in [0.1, 0.15) is 51.4 Å². The van der Waals surface area contributed by atoms with E-state index < -0.39 is 5.97 Å². The summed E-state index contributed by atoms with van der Waals surface area (Å²) in [6.45, 7) is 0.634. The fourth-order valence-electron chi connectivity index (χ4n) is 3.08. The number of carboxylic acid groups (broad SMARTS) is 1. The molecule has 0 aromatic rings. The Morgan fingerprint density at radius 2 is 1.89 bits per heavy atom. The number of amides is 1. The van der Waals surface area contributed by atoms with Gasteiger partial charge in [-0.25, -0.2) is 0 Å². The summed E-state index contributed by atoms with van der Waals surface area (Å²) in [6.07, 6.45) is 7.50. The van der Waals surface area contributed by atoms with E-state index >= 15 is 0 Å². The summed E-state index contributed by atoms with van der Waals surface area (Å²) in [5.74, 6) is -0.942. The van der Waals surface area contributed by atoms with Gasteiger partial charge in [-0.3, -0.25) is 9.59 Å². The Balaban J connectivity index is 1.84. The Hall–Kier alpha value is -1.10. The SMILES string of the molecule is O=C(O)CN(C(=O)CCC1CCCO1)C1CCCC1. The molecule has 1 aliphatic heterocycles. The quantitative estimate of drug-likeness (QED) is 0.798. The van der Waals surface area contributed by atoms with Crippen LogP contribution in [0, 0.1) is 0 Å². The highest BCUT2D eigenvalue weighted by Gasteiger charge is 2.28. The van der Waals surface area contributed by atoms with Crippen molar-refractivity contribution in [2.75, 3.05) is 13.2 Å². The van der Waals surface area contributed by atoms with Gasteiger partial charge >= 0.3 is 5.97 Å². The standard InChI is InChI=1S/C14H23NO4/c16-13(8-7-12-6-3-9-19-12)15(10-14(17)18)11-4-1-2-5-11/h11-12H,1-10H2,(H,17,18). The number of carbonyl (C=O) groups is 2. The maximum Gasteiger partial charge on any atom is 0.323 e. The first kappa shape index (κ1) is 14.3. The molecule has 0 radical (unpaired) electrons. The lowest BCUT2D eigenvalue weighted by atomic mass is 10.1. The van der Waals surface area contributed by atoms with E-state index in [1.54, 1.807) is 4.90 Å². The van der Waals surface area contributed by atoms with Crippen LogP contribution in [-0.4, -0.2) is 47.2 Å². The minimum absolute atomic E-state index is 0.0233. The number of carbonyl (C=O) groups excluding carboxylic acids is 1. The van der Waals surface area contributed by atoms with Crippen molar-refractivity contribution in [3.63, 3.8) is 0 Å². The summed E-state index contributed by atoms with van der Waals surface area (Å²) in [5.41, 5.74) is 0. The van der Waals surface area contributed by atoms with Crippen molar-refractivity contribution in [2.24, 2.45) is 0 Å². The molecule has 1 saturated carbocycles. The van der Waals surface area contributed by atoms with Gasteiger partial charge in [0, 0.05) is 19.1 Å². The number of hydrogen-bond acceptors (Lipinski definition) is 3. The Bertz CT molecular complexity index is 319. The summed E-state index contributed by atoms with van der Waals surface area (Å²) >= 11 is 0. The molecular weight excluding hydrogens is 246 g/mol. The van der Waals surface area contributed by atoms with Crippen molar-refractivity contribution in [3.05, 3.63) is 0 Å². The zero-order chi connectivity index (χ0) is 13.7. The molecule has 5 heteroatoms. The largest absolute Gasteiger partial charge is 0.480 e. The van der Waals surface area contributed by atoms with Gasteiger partial charge in [0.2, 0.25) is 5.91 Å². The zero-order valence-electron chi connectivity index (χ0n) is 11.3. The molecular formula is C14H23NO4. The molecule has 1 unspecified atom stereocenters. The highest BCUT2D eigenvalue weighted by atomic mass is 16.5. The second-order valence-corrected chi connectivity index (χ2v) is 5.53. The van der Waals surface area contributed by atoms with Gasteiger partial charge in [-0.05, 0) is 32.1 Å². The Kier molecular flexibility index (Phi) is 5.19. The average molecular weight is 269 g/mol. The van der Waals surface area contributed by atoms with Crippen molar-refractivity contribution < 1.29 is 19.4 Å². The molecule has 1 N–H and O–H groups in total. The van der Waals surface area contributed by atoms with Crippen molar-refractivity contribution in [3.8, 4) is 0 Å². The molecule has 1 saturated heterocycles. The highest BCUT2D eigenvalue weighted by Crippen LogP contribution is 2.25. The Labute approximate surface area is 113 Å². The van der Waals surface area contributed by atoms with Crippen LogP contribution in [0.4, 0.5) is 0 Å². The zero-order valence-corrected chi connectivity index (χ0v) is 11.3. The fraction of sp³-hybridized carbons (Fsp3) is 0.857. The van der Waals surface area contributed by atoms with Gasteiger partial charge in [0.1, 0.15) is 6.54 Å². The van der Waals surface area contributed by atoms with Gasteiger partial charge in [0.05, 0.1) is 6.10 Å². The summed E-state index contributed by atoms with van der Waals surface area (Å²) in [7, 11) is 0. The number of aliphatic carboxylic acids is 1. The third-order valence-electron chi connectivity index (χ3n) is 4.10. The molecule has 0 aromatic heterocycles. The topological polar surface area (TPSA) is 66.8 Å². The lowest BCUT2D eigenvalue weighted by Crippen LogP contribution is -2.42. The summed E-state index contributed by atoms with van der Waals surface area (Å²) in [4.78, 5) is 24.7. The van der Waals surface area contributed by atoms with Crippen molar-refractivity contribution >= 4 is 11.9 Å². The van der Waals surface area contributed by atoms with Crippen molar-refractivity contribution in [2.45, 2.75) is 63.5 Å². The van der Waals surface area contributed by atoms with Gasteiger partial charge in [0.15, 0.2) is 0 Å². The van der Waals surface area contributed by atoms with Crippen molar-refractivity contribution in [1.29, 1.82) is 0 Å². The third-order valence-corrected chi connectivity index (χ3v) is 4.10. The van der Waals surface area contributed by atoms with E-state index in [1.165, 1.54) is 0 Å². The maximum atomic E-state index is 12.2. The molecule has 2 aliphatic rings. The molecule has 0 bridgehead atoms. The normalized spacial score (nSPS) is 23.7. The van der Waals surface area contributed by atoms with Crippen LogP contribution in [0.5, 0.6) is 0 Å². The minimum atomic E-state index is -0.919. The molecule has 2 fully saturated rings. The van der Waals surface area contributed by atoms with E-state index in [2.05, 4.69) is 0 Å². The van der Waals surface area contributed by atoms with E-state index in [9.17, 15) is 9.59 Å². The predicted octanol–water partition coefficient (Wildman–Crippen LogP) is 1.80. The first-order chi connectivity index (χ1) is 9.16. The fourth-order valence-corrected chi connectivity index (χ4v) is 3.08. The molecule has 1 amide bonds. The molecule has 108 valence electrons. The summed E-state index contributed by atoms with van der Waals surface area (Å²) in [6, 6.07) is 0.132. The first-order valence-electron chi connectivity index (χ1n) is 7.29. The number of ether oxygens (including phenoxy) is 1. The predicted molar refractivity (Wildman–Crippen MR) is 69.8 cm³/mol. The van der Waals surface area contributed by atoms with Crippen LogP contribution in [-0.2, 0) is 14.3 Å². The Morgan fingerprint density at radius 1 is 1.16 bits per heavy atom. The Morgan fingerprint density at radius 3 is 2.47 bits per heavy atom. The number of hydrogen-bond donors (Lipinski definition) is 1. The van der Waals surface area contributed by atoms with Crippen LogP contribution in [0.2, 0.25) is 0 Å². The first-order valence-corrected chi connectivity index (χ1v) is 7.29. The lowest BCUT2D eigenvalue weighted by Gasteiger charge is -2.27. The summed E-state index contributed by atoms with van der Waals surface area (Å²) < 4.78 is 5.50. The molecule has 0 aromatic carbocycles. The van der Waals surface area contributed by atoms with Crippen LogP contribution in [0.15, 0.2) is 0 Å².